The summed E-state index contributed by atoms with van der Waals surface area (Å²) in [6.07, 6.45) is 2.68. The fraction of sp³-hybridized carbons (Fsp3) is 0.286. The van der Waals surface area contributed by atoms with Crippen molar-refractivity contribution in [1.82, 2.24) is 24.6 Å². The topological polar surface area (TPSA) is 68.0 Å². The van der Waals surface area contributed by atoms with Gasteiger partial charge >= 0.3 is 0 Å². The maximum Gasteiger partial charge on any atom is 0.160 e. The predicted molar refractivity (Wildman–Crippen MR) is 81.5 cm³/mol. The maximum atomic E-state index is 6.01. The second-order valence-corrected chi connectivity index (χ2v) is 5.13. The SMILES string of the molecule is CCc1cc(NCc2nnc3ccc(Cl)cn23)nc(C)n1. The third-order valence-corrected chi connectivity index (χ3v) is 3.34. The molecule has 0 aliphatic carbocycles. The monoisotopic (exact) mass is 302 g/mol. The lowest BCUT2D eigenvalue weighted by Gasteiger charge is -2.07. The highest BCUT2D eigenvalue weighted by molar-refractivity contribution is 6.30. The largest absolute Gasteiger partial charge is 0.363 e. The Morgan fingerprint density at radius 2 is 2.10 bits per heavy atom. The third-order valence-electron chi connectivity index (χ3n) is 3.12. The summed E-state index contributed by atoms with van der Waals surface area (Å²) in [4.78, 5) is 8.73. The minimum absolute atomic E-state index is 0.515. The molecule has 0 radical (unpaired) electrons. The molecule has 6 nitrogen and oxygen atoms in total. The summed E-state index contributed by atoms with van der Waals surface area (Å²) < 4.78 is 1.87. The number of aryl methyl sites for hydroxylation is 2. The number of fused-ring (bicyclic) bond motifs is 1. The fourth-order valence-electron chi connectivity index (χ4n) is 2.10. The van der Waals surface area contributed by atoms with Gasteiger partial charge in [-0.25, -0.2) is 9.97 Å². The van der Waals surface area contributed by atoms with Crippen molar-refractivity contribution in [3.63, 3.8) is 0 Å². The Kier molecular flexibility index (Phi) is 3.70. The van der Waals surface area contributed by atoms with Crippen LogP contribution in [0.2, 0.25) is 5.02 Å². The molecule has 0 amide bonds. The number of nitrogens with one attached hydrogen (secondary N) is 1. The molecule has 0 aromatic carbocycles. The molecule has 7 heteroatoms. The van der Waals surface area contributed by atoms with Crippen molar-refractivity contribution in [1.29, 1.82) is 0 Å². The van der Waals surface area contributed by atoms with E-state index < -0.39 is 0 Å². The van der Waals surface area contributed by atoms with Gasteiger partial charge in [-0.3, -0.25) is 4.40 Å². The second-order valence-electron chi connectivity index (χ2n) is 4.69. The first-order valence-corrected chi connectivity index (χ1v) is 7.11. The average molecular weight is 303 g/mol. The van der Waals surface area contributed by atoms with Crippen LogP contribution >= 0.6 is 11.6 Å². The van der Waals surface area contributed by atoms with Crippen molar-refractivity contribution >= 4 is 23.1 Å². The molecule has 3 heterocycles. The number of halogens is 1. The van der Waals surface area contributed by atoms with Gasteiger partial charge in [-0.1, -0.05) is 18.5 Å². The quantitative estimate of drug-likeness (QED) is 0.802. The van der Waals surface area contributed by atoms with Crippen LogP contribution < -0.4 is 5.32 Å². The molecule has 0 aliphatic heterocycles. The zero-order chi connectivity index (χ0) is 14.8. The maximum absolute atomic E-state index is 6.01. The molecule has 0 atom stereocenters. The molecular weight excluding hydrogens is 288 g/mol. The Morgan fingerprint density at radius 1 is 1.24 bits per heavy atom. The Labute approximate surface area is 127 Å². The highest BCUT2D eigenvalue weighted by atomic mass is 35.5. The standard InChI is InChI=1S/C14H15ClN6/c1-3-11-6-12(18-9(2)17-11)16-7-14-20-19-13-5-4-10(15)8-21(13)14/h4-6,8H,3,7H2,1-2H3,(H,16,17,18). The second kappa shape index (κ2) is 5.65. The number of rotatable bonds is 4. The molecule has 3 aromatic heterocycles. The number of pyridine rings is 1. The van der Waals surface area contributed by atoms with Crippen molar-refractivity contribution in [2.24, 2.45) is 0 Å². The number of anilines is 1. The van der Waals surface area contributed by atoms with Crippen molar-refractivity contribution in [3.05, 3.63) is 46.8 Å². The molecule has 0 saturated heterocycles. The fourth-order valence-corrected chi connectivity index (χ4v) is 2.26. The molecule has 0 saturated carbocycles. The smallest absolute Gasteiger partial charge is 0.160 e. The van der Waals surface area contributed by atoms with Crippen LogP contribution in [0.15, 0.2) is 24.4 Å². The zero-order valence-electron chi connectivity index (χ0n) is 11.8. The summed E-state index contributed by atoms with van der Waals surface area (Å²) in [5, 5.41) is 12.2. The van der Waals surface area contributed by atoms with Crippen LogP contribution in [-0.4, -0.2) is 24.6 Å². The van der Waals surface area contributed by atoms with Crippen LogP contribution in [0.25, 0.3) is 5.65 Å². The van der Waals surface area contributed by atoms with Crippen molar-refractivity contribution < 1.29 is 0 Å². The van der Waals surface area contributed by atoms with Gasteiger partial charge in [-0.2, -0.15) is 0 Å². The van der Waals surface area contributed by atoms with Crippen LogP contribution in [0.5, 0.6) is 0 Å². The van der Waals surface area contributed by atoms with Crippen LogP contribution in [0.3, 0.4) is 0 Å². The van der Waals surface area contributed by atoms with Crippen LogP contribution in [0.4, 0.5) is 5.82 Å². The lowest BCUT2D eigenvalue weighted by Crippen LogP contribution is -2.07. The van der Waals surface area contributed by atoms with Gasteiger partial charge in [0.25, 0.3) is 0 Å². The molecule has 21 heavy (non-hydrogen) atoms. The Hall–Kier alpha value is -2.21. The normalized spacial score (nSPS) is 11.0. The van der Waals surface area contributed by atoms with Crippen molar-refractivity contribution in [2.45, 2.75) is 26.8 Å². The molecule has 3 rings (SSSR count). The Balaban J connectivity index is 1.83. The van der Waals surface area contributed by atoms with Crippen molar-refractivity contribution in [2.75, 3.05) is 5.32 Å². The van der Waals surface area contributed by atoms with E-state index >= 15 is 0 Å². The summed E-state index contributed by atoms with van der Waals surface area (Å²) in [5.74, 6) is 2.32. The van der Waals surface area contributed by atoms with Crippen LogP contribution in [0.1, 0.15) is 24.3 Å². The molecule has 1 N–H and O–H groups in total. The molecule has 0 fully saturated rings. The van der Waals surface area contributed by atoms with Gasteiger partial charge in [0, 0.05) is 18.0 Å². The molecular formula is C14H15ClN6. The summed E-state index contributed by atoms with van der Waals surface area (Å²) in [6.45, 7) is 4.47. The summed E-state index contributed by atoms with van der Waals surface area (Å²) in [6, 6.07) is 5.58. The first-order valence-electron chi connectivity index (χ1n) is 6.73. The van der Waals surface area contributed by atoms with E-state index in [9.17, 15) is 0 Å². The Morgan fingerprint density at radius 3 is 2.90 bits per heavy atom. The van der Waals surface area contributed by atoms with E-state index in [1.165, 1.54) is 0 Å². The van der Waals surface area contributed by atoms with Crippen LogP contribution in [-0.2, 0) is 13.0 Å². The van der Waals surface area contributed by atoms with Gasteiger partial charge < -0.3 is 5.32 Å². The predicted octanol–water partition coefficient (Wildman–Crippen LogP) is 2.66. The number of aromatic nitrogens is 5. The third kappa shape index (κ3) is 2.95. The molecule has 0 spiro atoms. The van der Waals surface area contributed by atoms with Gasteiger partial charge in [-0.15, -0.1) is 10.2 Å². The molecule has 3 aromatic rings. The molecule has 0 bridgehead atoms. The average Bonchev–Trinajstić information content (AvgIpc) is 2.86. The highest BCUT2D eigenvalue weighted by Crippen LogP contribution is 2.13. The van der Waals surface area contributed by atoms with E-state index in [-0.39, 0.29) is 0 Å². The van der Waals surface area contributed by atoms with E-state index in [4.69, 9.17) is 11.6 Å². The van der Waals surface area contributed by atoms with Crippen LogP contribution in [0, 0.1) is 6.92 Å². The summed E-state index contributed by atoms with van der Waals surface area (Å²) in [7, 11) is 0. The van der Waals surface area contributed by atoms with E-state index in [0.717, 1.165) is 35.2 Å². The van der Waals surface area contributed by atoms with Gasteiger partial charge in [0.1, 0.15) is 11.6 Å². The number of nitrogens with zero attached hydrogens (tertiary/aromatic N) is 5. The minimum Gasteiger partial charge on any atom is -0.363 e. The zero-order valence-corrected chi connectivity index (χ0v) is 12.6. The van der Waals surface area contributed by atoms with Gasteiger partial charge in [0.05, 0.1) is 11.6 Å². The first kappa shape index (κ1) is 13.8. The Bertz CT molecular complexity index is 782. The molecule has 0 aliphatic rings. The lowest BCUT2D eigenvalue weighted by atomic mass is 10.3. The lowest BCUT2D eigenvalue weighted by molar-refractivity contribution is 0.895. The molecule has 0 unspecified atom stereocenters. The molecule has 108 valence electrons. The van der Waals surface area contributed by atoms with Gasteiger partial charge in [0.2, 0.25) is 0 Å². The van der Waals surface area contributed by atoms with Gasteiger partial charge in [-0.05, 0) is 25.5 Å². The van der Waals surface area contributed by atoms with E-state index in [0.29, 0.717) is 11.6 Å². The highest BCUT2D eigenvalue weighted by Gasteiger charge is 2.07. The minimum atomic E-state index is 0.515. The van der Waals surface area contributed by atoms with Gasteiger partial charge in [0.15, 0.2) is 11.5 Å². The van der Waals surface area contributed by atoms with Crippen molar-refractivity contribution in [3.8, 4) is 0 Å². The number of hydrogen-bond donors (Lipinski definition) is 1. The first-order chi connectivity index (χ1) is 10.2. The van der Waals surface area contributed by atoms with E-state index in [2.05, 4.69) is 32.4 Å². The van der Waals surface area contributed by atoms with E-state index in [1.54, 1.807) is 12.3 Å². The summed E-state index contributed by atoms with van der Waals surface area (Å²) in [5.41, 5.74) is 1.78. The summed E-state index contributed by atoms with van der Waals surface area (Å²) >= 11 is 6.01. The van der Waals surface area contributed by atoms with E-state index in [1.807, 2.05) is 23.5 Å². The number of hydrogen-bond acceptors (Lipinski definition) is 5.